The van der Waals surface area contributed by atoms with Crippen molar-refractivity contribution in [1.29, 1.82) is 0 Å². The Labute approximate surface area is 176 Å². The standard InChI is InChI=1S/C19H23ClN4O.HI/c1-3-14-7-6-9-16(11-14)24-18(25)13-23-19(21-2)22-12-15-8-4-5-10-17(15)20;/h4-11H,3,12-13H2,1-2H3,(H,24,25)(H2,21,22,23);1H. The molecule has 0 heterocycles. The highest BCUT2D eigenvalue weighted by Gasteiger charge is 2.06. The van der Waals surface area contributed by atoms with E-state index in [-0.39, 0.29) is 36.4 Å². The summed E-state index contributed by atoms with van der Waals surface area (Å²) in [6.07, 6.45) is 0.931. The van der Waals surface area contributed by atoms with E-state index in [4.69, 9.17) is 11.6 Å². The predicted octanol–water partition coefficient (Wildman–Crippen LogP) is 3.82. The number of carbonyl (C=O) groups is 1. The number of nitrogens with zero attached hydrogens (tertiary/aromatic N) is 1. The molecule has 0 atom stereocenters. The monoisotopic (exact) mass is 486 g/mol. The van der Waals surface area contributed by atoms with E-state index in [2.05, 4.69) is 27.9 Å². The van der Waals surface area contributed by atoms with Gasteiger partial charge in [0.25, 0.3) is 0 Å². The summed E-state index contributed by atoms with van der Waals surface area (Å²) in [5.41, 5.74) is 2.95. The first-order valence-electron chi connectivity index (χ1n) is 8.19. The Morgan fingerprint density at radius 3 is 2.58 bits per heavy atom. The Morgan fingerprint density at radius 1 is 1.12 bits per heavy atom. The third-order valence-corrected chi connectivity index (χ3v) is 4.03. The maximum absolute atomic E-state index is 12.1. The van der Waals surface area contributed by atoms with Crippen LogP contribution in [0, 0.1) is 0 Å². The van der Waals surface area contributed by atoms with Crippen molar-refractivity contribution in [2.75, 3.05) is 18.9 Å². The molecule has 0 saturated heterocycles. The van der Waals surface area contributed by atoms with E-state index in [1.165, 1.54) is 5.56 Å². The Balaban J connectivity index is 0.00000338. The predicted molar refractivity (Wildman–Crippen MR) is 120 cm³/mol. The largest absolute Gasteiger partial charge is 0.352 e. The SMILES string of the molecule is CCc1cccc(NC(=O)CNC(=NC)NCc2ccccc2Cl)c1.I. The Kier molecular flexibility index (Phi) is 10.0. The number of amides is 1. The minimum absolute atomic E-state index is 0. The van der Waals surface area contributed by atoms with Crippen LogP contribution in [0.1, 0.15) is 18.1 Å². The second-order valence-corrected chi connectivity index (χ2v) is 5.88. The summed E-state index contributed by atoms with van der Waals surface area (Å²) in [4.78, 5) is 16.2. The Bertz CT molecular complexity index is 752. The quantitative estimate of drug-likeness (QED) is 0.330. The summed E-state index contributed by atoms with van der Waals surface area (Å²) in [5, 5.41) is 9.70. The van der Waals surface area contributed by atoms with Crippen LogP contribution in [-0.2, 0) is 17.8 Å². The summed E-state index contributed by atoms with van der Waals surface area (Å²) in [6.45, 7) is 2.73. The number of anilines is 1. The first-order chi connectivity index (χ1) is 12.1. The number of rotatable bonds is 6. The van der Waals surface area contributed by atoms with Crippen molar-refractivity contribution in [1.82, 2.24) is 10.6 Å². The van der Waals surface area contributed by atoms with Crippen LogP contribution in [-0.4, -0.2) is 25.5 Å². The number of carbonyl (C=O) groups excluding carboxylic acids is 1. The summed E-state index contributed by atoms with van der Waals surface area (Å²) in [5.74, 6) is 0.409. The van der Waals surface area contributed by atoms with Gasteiger partial charge in [-0.05, 0) is 35.7 Å². The maximum atomic E-state index is 12.1. The van der Waals surface area contributed by atoms with E-state index in [0.717, 1.165) is 17.7 Å². The molecule has 3 N–H and O–H groups in total. The topological polar surface area (TPSA) is 65.5 Å². The summed E-state index contributed by atoms with van der Waals surface area (Å²) in [6, 6.07) is 15.4. The lowest BCUT2D eigenvalue weighted by molar-refractivity contribution is -0.115. The second-order valence-electron chi connectivity index (χ2n) is 5.47. The van der Waals surface area contributed by atoms with Crippen LogP contribution in [0.4, 0.5) is 5.69 Å². The van der Waals surface area contributed by atoms with Crippen LogP contribution in [0.2, 0.25) is 5.02 Å². The van der Waals surface area contributed by atoms with Gasteiger partial charge in [-0.3, -0.25) is 9.79 Å². The third kappa shape index (κ3) is 7.21. The molecule has 7 heteroatoms. The van der Waals surface area contributed by atoms with Gasteiger partial charge in [0, 0.05) is 24.3 Å². The van der Waals surface area contributed by atoms with Crippen molar-refractivity contribution in [3.8, 4) is 0 Å². The summed E-state index contributed by atoms with van der Waals surface area (Å²) in [7, 11) is 1.66. The number of hydrogen-bond donors (Lipinski definition) is 3. The van der Waals surface area contributed by atoms with E-state index < -0.39 is 0 Å². The molecule has 5 nitrogen and oxygen atoms in total. The van der Waals surface area contributed by atoms with Gasteiger partial charge in [-0.2, -0.15) is 0 Å². The van der Waals surface area contributed by atoms with Gasteiger partial charge in [0.2, 0.25) is 5.91 Å². The van der Waals surface area contributed by atoms with Crippen molar-refractivity contribution in [3.63, 3.8) is 0 Å². The first-order valence-corrected chi connectivity index (χ1v) is 8.57. The molecule has 0 saturated carbocycles. The molecule has 0 aliphatic rings. The summed E-state index contributed by atoms with van der Waals surface area (Å²) < 4.78 is 0. The molecule has 2 aromatic rings. The molecule has 0 aliphatic carbocycles. The van der Waals surface area contributed by atoms with Crippen LogP contribution in [0.5, 0.6) is 0 Å². The Hall–Kier alpha value is -1.80. The normalized spacial score (nSPS) is 10.7. The summed E-state index contributed by atoms with van der Waals surface area (Å²) >= 11 is 6.13. The minimum Gasteiger partial charge on any atom is -0.352 e. The number of guanidine groups is 1. The molecule has 1 amide bonds. The highest BCUT2D eigenvalue weighted by molar-refractivity contribution is 14.0. The van der Waals surface area contributed by atoms with Crippen molar-refractivity contribution in [2.45, 2.75) is 19.9 Å². The van der Waals surface area contributed by atoms with Gasteiger partial charge in [0.1, 0.15) is 0 Å². The van der Waals surface area contributed by atoms with Gasteiger partial charge in [-0.25, -0.2) is 0 Å². The zero-order valence-electron chi connectivity index (χ0n) is 14.9. The van der Waals surface area contributed by atoms with Crippen molar-refractivity contribution in [3.05, 3.63) is 64.7 Å². The van der Waals surface area contributed by atoms with E-state index >= 15 is 0 Å². The van der Waals surface area contributed by atoms with E-state index in [1.807, 2.05) is 48.5 Å². The van der Waals surface area contributed by atoms with E-state index in [9.17, 15) is 4.79 Å². The van der Waals surface area contributed by atoms with Gasteiger partial charge in [0.05, 0.1) is 6.54 Å². The van der Waals surface area contributed by atoms with Gasteiger partial charge < -0.3 is 16.0 Å². The molecule has 0 unspecified atom stereocenters. The zero-order chi connectivity index (χ0) is 18.1. The zero-order valence-corrected chi connectivity index (χ0v) is 18.0. The van der Waals surface area contributed by atoms with E-state index in [1.54, 1.807) is 7.05 Å². The molecule has 0 aliphatic heterocycles. The van der Waals surface area contributed by atoms with Crippen molar-refractivity contribution < 1.29 is 4.79 Å². The van der Waals surface area contributed by atoms with Crippen LogP contribution in [0.15, 0.2) is 53.5 Å². The van der Waals surface area contributed by atoms with Gasteiger partial charge in [-0.1, -0.05) is 48.9 Å². The van der Waals surface area contributed by atoms with Crippen molar-refractivity contribution >= 4 is 53.1 Å². The third-order valence-electron chi connectivity index (χ3n) is 3.66. The molecular weight excluding hydrogens is 463 g/mol. The highest BCUT2D eigenvalue weighted by atomic mass is 127. The van der Waals surface area contributed by atoms with Gasteiger partial charge in [0.15, 0.2) is 5.96 Å². The lowest BCUT2D eigenvalue weighted by Crippen LogP contribution is -2.41. The molecule has 0 aromatic heterocycles. The maximum Gasteiger partial charge on any atom is 0.243 e. The minimum atomic E-state index is -0.131. The number of aliphatic imine (C=N–C) groups is 1. The fourth-order valence-corrected chi connectivity index (χ4v) is 2.48. The molecule has 26 heavy (non-hydrogen) atoms. The van der Waals surface area contributed by atoms with Crippen LogP contribution in [0.25, 0.3) is 0 Å². The van der Waals surface area contributed by atoms with Crippen LogP contribution >= 0.6 is 35.6 Å². The number of halogens is 2. The lowest BCUT2D eigenvalue weighted by Gasteiger charge is -2.13. The van der Waals surface area contributed by atoms with Gasteiger partial charge >= 0.3 is 0 Å². The Morgan fingerprint density at radius 2 is 1.88 bits per heavy atom. The molecule has 2 aromatic carbocycles. The fraction of sp³-hybridized carbons (Fsp3) is 0.263. The number of aryl methyl sites for hydroxylation is 1. The smallest absolute Gasteiger partial charge is 0.243 e. The lowest BCUT2D eigenvalue weighted by atomic mass is 10.1. The number of benzene rings is 2. The second kappa shape index (κ2) is 11.7. The fourth-order valence-electron chi connectivity index (χ4n) is 2.28. The highest BCUT2D eigenvalue weighted by Crippen LogP contribution is 2.14. The van der Waals surface area contributed by atoms with Gasteiger partial charge in [-0.15, -0.1) is 24.0 Å². The molecule has 140 valence electrons. The molecule has 0 spiro atoms. The van der Waals surface area contributed by atoms with E-state index in [0.29, 0.717) is 17.5 Å². The van der Waals surface area contributed by atoms with Crippen LogP contribution in [0.3, 0.4) is 0 Å². The first kappa shape index (κ1) is 22.2. The average molecular weight is 487 g/mol. The molecule has 0 fully saturated rings. The number of nitrogens with one attached hydrogen (secondary N) is 3. The molecule has 0 bridgehead atoms. The van der Waals surface area contributed by atoms with Crippen molar-refractivity contribution in [2.24, 2.45) is 4.99 Å². The average Bonchev–Trinajstić information content (AvgIpc) is 2.63. The van der Waals surface area contributed by atoms with Crippen LogP contribution < -0.4 is 16.0 Å². The molecule has 0 radical (unpaired) electrons. The molecular formula is C19H24ClIN4O. The number of hydrogen-bond acceptors (Lipinski definition) is 2. The molecule has 2 rings (SSSR count).